The summed E-state index contributed by atoms with van der Waals surface area (Å²) >= 11 is 0. The average Bonchev–Trinajstić information content (AvgIpc) is 2.81. The summed E-state index contributed by atoms with van der Waals surface area (Å²) in [5.41, 5.74) is 5.68. The molecule has 1 amide bonds. The molecule has 0 bridgehead atoms. The monoisotopic (exact) mass is 473 g/mol. The van der Waals surface area contributed by atoms with Gasteiger partial charge in [0.15, 0.2) is 5.65 Å². The molecule has 3 aromatic heterocycles. The number of pyridine rings is 2. The van der Waals surface area contributed by atoms with Crippen LogP contribution in [-0.2, 0) is 11.4 Å². The number of halogens is 1. The summed E-state index contributed by atoms with van der Waals surface area (Å²) in [6.45, 7) is 3.54. The first-order valence-electron chi connectivity index (χ1n) is 11.1. The highest BCUT2D eigenvalue weighted by molar-refractivity contribution is 5.94. The van der Waals surface area contributed by atoms with Crippen molar-refractivity contribution >= 4 is 28.0 Å². The third kappa shape index (κ3) is 4.91. The number of amides is 1. The van der Waals surface area contributed by atoms with Crippen LogP contribution in [0.25, 0.3) is 33.3 Å². The van der Waals surface area contributed by atoms with Gasteiger partial charge < -0.3 is 5.11 Å². The number of aliphatic hydroxyl groups is 1. The molecule has 0 saturated heterocycles. The molecule has 5 rings (SSSR count). The molecule has 0 saturated carbocycles. The fourth-order valence-electron chi connectivity index (χ4n) is 3.76. The van der Waals surface area contributed by atoms with Crippen LogP contribution in [0.15, 0.2) is 66.9 Å². The van der Waals surface area contributed by atoms with Gasteiger partial charge >= 0.3 is 0 Å². The lowest BCUT2D eigenvalue weighted by Crippen LogP contribution is -2.33. The quantitative estimate of drug-likeness (QED) is 0.307. The molecule has 3 heterocycles. The van der Waals surface area contributed by atoms with Crippen LogP contribution in [0, 0.1) is 5.82 Å². The lowest BCUT2D eigenvalue weighted by Gasteiger charge is -2.17. The smallest absolute Gasteiger partial charge is 0.277 e. The highest BCUT2D eigenvalue weighted by Gasteiger charge is 2.17. The molecular weight excluding hydrogens is 449 g/mol. The van der Waals surface area contributed by atoms with Crippen LogP contribution in [0.5, 0.6) is 0 Å². The molecule has 2 aromatic carbocycles. The summed E-state index contributed by atoms with van der Waals surface area (Å²) in [5, 5.41) is 14.0. The number of hydrogen-bond acceptors (Lipinski definition) is 5. The fourth-order valence-corrected chi connectivity index (χ4v) is 3.76. The predicted molar refractivity (Wildman–Crippen MR) is 130 cm³/mol. The zero-order chi connectivity index (χ0) is 24.6. The van der Waals surface area contributed by atoms with E-state index in [-0.39, 0.29) is 12.2 Å². The zero-order valence-corrected chi connectivity index (χ0v) is 19.2. The van der Waals surface area contributed by atoms with E-state index >= 15 is 0 Å². The molecule has 0 aliphatic rings. The Bertz CT molecular complexity index is 1530. The van der Waals surface area contributed by atoms with Gasteiger partial charge in [0, 0.05) is 17.1 Å². The molecule has 0 unspecified atom stereocenters. The number of benzene rings is 2. The van der Waals surface area contributed by atoms with Gasteiger partial charge in [-0.15, -0.1) is 0 Å². The Labute approximate surface area is 200 Å². The second-order valence-electron chi connectivity index (χ2n) is 9.02. The molecule has 0 fully saturated rings. The number of hydroxylamine groups is 1. The first-order valence-corrected chi connectivity index (χ1v) is 11.1. The van der Waals surface area contributed by atoms with E-state index < -0.39 is 17.3 Å². The third-order valence-corrected chi connectivity index (χ3v) is 5.49. The normalized spacial score (nSPS) is 11.9. The number of carbonyl (C=O) groups is 1. The number of hydrogen-bond donors (Lipinski definition) is 3. The summed E-state index contributed by atoms with van der Waals surface area (Å²) in [7, 11) is 0. The van der Waals surface area contributed by atoms with Crippen LogP contribution in [0.3, 0.4) is 0 Å². The molecule has 35 heavy (non-hydrogen) atoms. The SMILES string of the molecule is CC(C)(O)CONC(=O)c1ccc(-c2ccc3[nH]n(Cc4ccc5ncccc5c4)c3n2)cc1F. The Hall–Kier alpha value is -4.08. The number of aromatic amines is 1. The standard InChI is InChI=1S/C26H24FN5O3/c1-26(2,34)15-35-31-25(33)19-7-6-18(13-20(19)27)22-9-10-23-24(29-22)32(30-23)14-16-5-8-21-17(12-16)4-3-11-28-21/h3-13,30,34H,14-15H2,1-2H3,(H,31,33). The number of fused-ring (bicyclic) bond motifs is 2. The van der Waals surface area contributed by atoms with E-state index in [0.29, 0.717) is 17.8 Å². The fraction of sp³-hybridized carbons (Fsp3) is 0.192. The van der Waals surface area contributed by atoms with Crippen molar-refractivity contribution in [2.24, 2.45) is 0 Å². The van der Waals surface area contributed by atoms with E-state index in [1.807, 2.05) is 35.0 Å². The van der Waals surface area contributed by atoms with Gasteiger partial charge in [-0.1, -0.05) is 18.2 Å². The number of rotatable bonds is 7. The van der Waals surface area contributed by atoms with Crippen LogP contribution in [0.4, 0.5) is 4.39 Å². The van der Waals surface area contributed by atoms with Gasteiger partial charge in [-0.2, -0.15) is 0 Å². The van der Waals surface area contributed by atoms with E-state index in [1.165, 1.54) is 26.0 Å². The van der Waals surface area contributed by atoms with E-state index in [9.17, 15) is 14.3 Å². The molecule has 178 valence electrons. The van der Waals surface area contributed by atoms with Crippen molar-refractivity contribution in [3.05, 3.63) is 83.8 Å². The second kappa shape index (κ2) is 8.94. The second-order valence-corrected chi connectivity index (χ2v) is 9.02. The Morgan fingerprint density at radius 1 is 1.17 bits per heavy atom. The summed E-state index contributed by atoms with van der Waals surface area (Å²) < 4.78 is 16.6. The zero-order valence-electron chi connectivity index (χ0n) is 19.2. The molecule has 5 aromatic rings. The van der Waals surface area contributed by atoms with Crippen LogP contribution >= 0.6 is 0 Å². The molecule has 8 nitrogen and oxygen atoms in total. The third-order valence-electron chi connectivity index (χ3n) is 5.49. The van der Waals surface area contributed by atoms with Gasteiger partial charge in [-0.25, -0.2) is 14.9 Å². The molecule has 0 aliphatic carbocycles. The highest BCUT2D eigenvalue weighted by Crippen LogP contribution is 2.24. The lowest BCUT2D eigenvalue weighted by molar-refractivity contribution is -0.0523. The van der Waals surface area contributed by atoms with Crippen molar-refractivity contribution in [2.75, 3.05) is 6.61 Å². The van der Waals surface area contributed by atoms with Crippen molar-refractivity contribution in [3.63, 3.8) is 0 Å². The first-order chi connectivity index (χ1) is 16.8. The highest BCUT2D eigenvalue weighted by atomic mass is 19.1. The predicted octanol–water partition coefficient (Wildman–Crippen LogP) is 4.20. The summed E-state index contributed by atoms with van der Waals surface area (Å²) in [6.07, 6.45) is 1.77. The van der Waals surface area contributed by atoms with Crippen molar-refractivity contribution < 1.29 is 19.1 Å². The lowest BCUT2D eigenvalue weighted by atomic mass is 10.1. The minimum absolute atomic E-state index is 0.127. The topological polar surface area (TPSA) is 105 Å². The molecule has 3 N–H and O–H groups in total. The van der Waals surface area contributed by atoms with E-state index in [1.54, 1.807) is 18.3 Å². The number of nitrogens with one attached hydrogen (secondary N) is 2. The van der Waals surface area contributed by atoms with Crippen molar-refractivity contribution in [1.29, 1.82) is 0 Å². The number of carbonyl (C=O) groups excluding carboxylic acids is 1. The maximum atomic E-state index is 14.7. The summed E-state index contributed by atoms with van der Waals surface area (Å²) in [5.74, 6) is -1.43. The molecule has 0 atom stereocenters. The van der Waals surface area contributed by atoms with E-state index in [2.05, 4.69) is 21.6 Å². The maximum Gasteiger partial charge on any atom is 0.277 e. The van der Waals surface area contributed by atoms with Gasteiger partial charge in [0.1, 0.15) is 12.4 Å². The molecule has 0 spiro atoms. The Morgan fingerprint density at radius 3 is 2.83 bits per heavy atom. The van der Waals surface area contributed by atoms with Gasteiger partial charge in [0.2, 0.25) is 0 Å². The molecule has 0 aliphatic heterocycles. The van der Waals surface area contributed by atoms with Crippen molar-refractivity contribution in [3.8, 4) is 11.3 Å². The van der Waals surface area contributed by atoms with Crippen LogP contribution in [0.1, 0.15) is 29.8 Å². The Morgan fingerprint density at radius 2 is 2.03 bits per heavy atom. The summed E-state index contributed by atoms with van der Waals surface area (Å²) in [6, 6.07) is 18.0. The molecular formula is C26H24FN5O3. The van der Waals surface area contributed by atoms with E-state index in [0.717, 1.165) is 27.6 Å². The van der Waals surface area contributed by atoms with Crippen LogP contribution < -0.4 is 5.48 Å². The van der Waals surface area contributed by atoms with Gasteiger partial charge in [0.25, 0.3) is 5.91 Å². The largest absolute Gasteiger partial charge is 0.388 e. The molecule has 0 radical (unpaired) electrons. The number of nitrogens with zero attached hydrogens (tertiary/aromatic N) is 3. The van der Waals surface area contributed by atoms with Gasteiger partial charge in [0.05, 0.1) is 34.4 Å². The van der Waals surface area contributed by atoms with Gasteiger partial charge in [-0.3, -0.25) is 24.4 Å². The van der Waals surface area contributed by atoms with E-state index in [4.69, 9.17) is 9.82 Å². The van der Waals surface area contributed by atoms with Crippen LogP contribution in [-0.4, -0.2) is 43.0 Å². The Balaban J connectivity index is 1.34. The minimum Gasteiger partial charge on any atom is -0.388 e. The average molecular weight is 474 g/mol. The maximum absolute atomic E-state index is 14.7. The van der Waals surface area contributed by atoms with Crippen LogP contribution in [0.2, 0.25) is 0 Å². The Kier molecular flexibility index (Phi) is 5.80. The number of H-pyrrole nitrogens is 1. The van der Waals surface area contributed by atoms with Gasteiger partial charge in [-0.05, 0) is 61.9 Å². The summed E-state index contributed by atoms with van der Waals surface area (Å²) in [4.78, 5) is 26.2. The first kappa shape index (κ1) is 22.7. The van der Waals surface area contributed by atoms with Crippen molar-refractivity contribution in [2.45, 2.75) is 26.0 Å². The minimum atomic E-state index is -1.12. The van der Waals surface area contributed by atoms with Crippen molar-refractivity contribution in [1.82, 2.24) is 25.2 Å². The molecule has 9 heteroatoms. The number of aromatic nitrogens is 4.